The minimum absolute atomic E-state index is 0.318. The molecule has 1 saturated heterocycles. The van der Waals surface area contributed by atoms with Gasteiger partial charge in [-0.25, -0.2) is 0 Å². The van der Waals surface area contributed by atoms with E-state index in [0.717, 1.165) is 34.7 Å². The van der Waals surface area contributed by atoms with Crippen LogP contribution in [0.4, 0.5) is 5.13 Å². The summed E-state index contributed by atoms with van der Waals surface area (Å²) in [6.45, 7) is 1.85. The van der Waals surface area contributed by atoms with Crippen molar-refractivity contribution in [3.8, 4) is 0 Å². The molecule has 0 atom stereocenters. The molecule has 0 spiro atoms. The van der Waals surface area contributed by atoms with Crippen molar-refractivity contribution in [2.24, 2.45) is 5.73 Å². The summed E-state index contributed by atoms with van der Waals surface area (Å²) >= 11 is 7.50. The molecule has 1 aliphatic heterocycles. The molecule has 0 radical (unpaired) electrons. The van der Waals surface area contributed by atoms with E-state index >= 15 is 0 Å². The molecular weight excluding hydrogens is 320 g/mol. The standard InChI is InChI=1S/C15H19ClN4OS/c16-12-3-1-11(2-4-12)9-13-18-19-14(22-13)20-7-5-15(21,10-17)6-8-20/h1-4,21H,5-10,17H2. The Morgan fingerprint density at radius 3 is 2.55 bits per heavy atom. The van der Waals surface area contributed by atoms with E-state index in [0.29, 0.717) is 19.4 Å². The maximum Gasteiger partial charge on any atom is 0.208 e. The summed E-state index contributed by atoms with van der Waals surface area (Å²) in [7, 11) is 0. The molecule has 0 unspecified atom stereocenters. The van der Waals surface area contributed by atoms with Crippen LogP contribution in [0.2, 0.25) is 5.02 Å². The highest BCUT2D eigenvalue weighted by molar-refractivity contribution is 7.15. The molecule has 7 heteroatoms. The third-order valence-electron chi connectivity index (χ3n) is 4.07. The zero-order chi connectivity index (χ0) is 15.6. The van der Waals surface area contributed by atoms with Gasteiger partial charge in [-0.2, -0.15) is 0 Å². The molecule has 22 heavy (non-hydrogen) atoms. The van der Waals surface area contributed by atoms with Crippen LogP contribution in [0.3, 0.4) is 0 Å². The highest BCUT2D eigenvalue weighted by Crippen LogP contribution is 2.28. The van der Waals surface area contributed by atoms with Gasteiger partial charge in [0.2, 0.25) is 5.13 Å². The maximum atomic E-state index is 10.2. The van der Waals surface area contributed by atoms with Crippen LogP contribution in [0.1, 0.15) is 23.4 Å². The van der Waals surface area contributed by atoms with Crippen molar-refractivity contribution >= 4 is 28.1 Å². The molecule has 5 nitrogen and oxygen atoms in total. The second-order valence-electron chi connectivity index (χ2n) is 5.70. The first-order valence-electron chi connectivity index (χ1n) is 7.32. The predicted molar refractivity (Wildman–Crippen MR) is 89.6 cm³/mol. The average Bonchev–Trinajstić information content (AvgIpc) is 2.99. The number of aliphatic hydroxyl groups is 1. The molecule has 0 bridgehead atoms. The minimum atomic E-state index is -0.715. The molecule has 2 aromatic rings. The van der Waals surface area contributed by atoms with Crippen LogP contribution in [0.25, 0.3) is 0 Å². The van der Waals surface area contributed by atoms with Crippen molar-refractivity contribution in [3.05, 3.63) is 39.9 Å². The first-order chi connectivity index (χ1) is 10.6. The van der Waals surface area contributed by atoms with Gasteiger partial charge in [0.25, 0.3) is 0 Å². The smallest absolute Gasteiger partial charge is 0.208 e. The van der Waals surface area contributed by atoms with Crippen molar-refractivity contribution in [2.75, 3.05) is 24.5 Å². The fourth-order valence-corrected chi connectivity index (χ4v) is 3.59. The Labute approximate surface area is 138 Å². The molecule has 0 amide bonds. The van der Waals surface area contributed by atoms with Crippen LogP contribution >= 0.6 is 22.9 Å². The van der Waals surface area contributed by atoms with Crippen molar-refractivity contribution in [2.45, 2.75) is 24.9 Å². The second kappa shape index (κ2) is 6.50. The van der Waals surface area contributed by atoms with Crippen LogP contribution < -0.4 is 10.6 Å². The number of piperidine rings is 1. The molecule has 3 N–H and O–H groups in total. The summed E-state index contributed by atoms with van der Waals surface area (Å²) in [6, 6.07) is 7.78. The van der Waals surface area contributed by atoms with E-state index in [1.165, 1.54) is 5.56 Å². The normalized spacial score (nSPS) is 17.7. The van der Waals surface area contributed by atoms with Crippen molar-refractivity contribution in [1.82, 2.24) is 10.2 Å². The quantitative estimate of drug-likeness (QED) is 0.892. The lowest BCUT2D eigenvalue weighted by Crippen LogP contribution is -2.48. The van der Waals surface area contributed by atoms with Crippen molar-refractivity contribution < 1.29 is 5.11 Å². The number of benzene rings is 1. The van der Waals surface area contributed by atoms with Crippen LogP contribution in [-0.4, -0.2) is 40.5 Å². The monoisotopic (exact) mass is 338 g/mol. The number of hydrogen-bond donors (Lipinski definition) is 2. The highest BCUT2D eigenvalue weighted by Gasteiger charge is 2.31. The van der Waals surface area contributed by atoms with E-state index in [1.807, 2.05) is 24.3 Å². The number of halogens is 1. The van der Waals surface area contributed by atoms with E-state index in [9.17, 15) is 5.11 Å². The number of hydrogen-bond acceptors (Lipinski definition) is 6. The fraction of sp³-hybridized carbons (Fsp3) is 0.467. The van der Waals surface area contributed by atoms with Crippen LogP contribution in [0, 0.1) is 0 Å². The fourth-order valence-electron chi connectivity index (χ4n) is 2.54. The number of nitrogens with zero attached hydrogens (tertiary/aromatic N) is 3. The van der Waals surface area contributed by atoms with Gasteiger partial charge in [0.1, 0.15) is 5.01 Å². The molecular formula is C15H19ClN4OS. The predicted octanol–water partition coefficient (Wildman–Crippen LogP) is 2.07. The van der Waals surface area contributed by atoms with E-state index < -0.39 is 5.60 Å². The first kappa shape index (κ1) is 15.7. The SMILES string of the molecule is NCC1(O)CCN(c2nnc(Cc3ccc(Cl)cc3)s2)CC1. The molecule has 2 heterocycles. The largest absolute Gasteiger partial charge is 0.388 e. The lowest BCUT2D eigenvalue weighted by molar-refractivity contribution is 0.0250. The molecule has 118 valence electrons. The molecule has 3 rings (SSSR count). The summed E-state index contributed by atoms with van der Waals surface area (Å²) in [5, 5.41) is 21.4. The van der Waals surface area contributed by atoms with Crippen molar-refractivity contribution in [1.29, 1.82) is 0 Å². The lowest BCUT2D eigenvalue weighted by atomic mass is 9.92. The molecule has 1 fully saturated rings. The Bertz CT molecular complexity index is 623. The average molecular weight is 339 g/mol. The number of aromatic nitrogens is 2. The van der Waals surface area contributed by atoms with Gasteiger partial charge in [0.15, 0.2) is 0 Å². The van der Waals surface area contributed by atoms with Gasteiger partial charge in [-0.15, -0.1) is 10.2 Å². The summed E-state index contributed by atoms with van der Waals surface area (Å²) in [6.07, 6.45) is 2.11. The first-order valence-corrected chi connectivity index (χ1v) is 8.52. The Morgan fingerprint density at radius 1 is 1.23 bits per heavy atom. The van der Waals surface area contributed by atoms with E-state index in [1.54, 1.807) is 11.3 Å². The van der Waals surface area contributed by atoms with Crippen LogP contribution in [0.15, 0.2) is 24.3 Å². The third-order valence-corrected chi connectivity index (χ3v) is 5.31. The van der Waals surface area contributed by atoms with Crippen LogP contribution in [-0.2, 0) is 6.42 Å². The third kappa shape index (κ3) is 3.57. The molecule has 1 aromatic heterocycles. The lowest BCUT2D eigenvalue weighted by Gasteiger charge is -2.37. The summed E-state index contributed by atoms with van der Waals surface area (Å²) < 4.78 is 0. The molecule has 1 aliphatic rings. The number of rotatable bonds is 4. The zero-order valence-electron chi connectivity index (χ0n) is 12.2. The van der Waals surface area contributed by atoms with Crippen LogP contribution in [0.5, 0.6) is 0 Å². The zero-order valence-corrected chi connectivity index (χ0v) is 13.8. The molecule has 0 aliphatic carbocycles. The summed E-state index contributed by atoms with van der Waals surface area (Å²) in [5.74, 6) is 0. The summed E-state index contributed by atoms with van der Waals surface area (Å²) in [5.41, 5.74) is 6.07. The second-order valence-corrected chi connectivity index (χ2v) is 7.17. The number of anilines is 1. The van der Waals surface area contributed by atoms with Gasteiger partial charge < -0.3 is 15.7 Å². The van der Waals surface area contributed by atoms with E-state index in [4.69, 9.17) is 17.3 Å². The van der Waals surface area contributed by atoms with E-state index in [-0.39, 0.29) is 0 Å². The van der Waals surface area contributed by atoms with Gasteiger partial charge >= 0.3 is 0 Å². The van der Waals surface area contributed by atoms with Gasteiger partial charge in [0, 0.05) is 31.1 Å². The van der Waals surface area contributed by atoms with E-state index in [2.05, 4.69) is 15.1 Å². The number of nitrogens with two attached hydrogens (primary N) is 1. The Balaban J connectivity index is 1.63. The van der Waals surface area contributed by atoms with Gasteiger partial charge in [-0.05, 0) is 30.5 Å². The molecule has 0 saturated carbocycles. The summed E-state index contributed by atoms with van der Waals surface area (Å²) in [4.78, 5) is 2.17. The highest BCUT2D eigenvalue weighted by atomic mass is 35.5. The molecule has 1 aromatic carbocycles. The van der Waals surface area contributed by atoms with Gasteiger partial charge in [-0.3, -0.25) is 0 Å². The topological polar surface area (TPSA) is 75.3 Å². The Kier molecular flexibility index (Phi) is 4.63. The van der Waals surface area contributed by atoms with Crippen molar-refractivity contribution in [3.63, 3.8) is 0 Å². The van der Waals surface area contributed by atoms with Gasteiger partial charge in [0.05, 0.1) is 5.60 Å². The van der Waals surface area contributed by atoms with Gasteiger partial charge in [-0.1, -0.05) is 35.1 Å². The minimum Gasteiger partial charge on any atom is -0.388 e. The Morgan fingerprint density at radius 2 is 1.91 bits per heavy atom. The Hall–Kier alpha value is -1.21. The maximum absolute atomic E-state index is 10.2.